The largest absolute Gasteiger partial charge is 0.462 e. The van der Waals surface area contributed by atoms with Crippen LogP contribution in [0.2, 0.25) is 0 Å². The van der Waals surface area contributed by atoms with Gasteiger partial charge < -0.3 is 14.2 Å². The average molecular weight is 1160 g/mol. The highest BCUT2D eigenvalue weighted by molar-refractivity contribution is 5.71. The number of ether oxygens (including phenoxy) is 3. The summed E-state index contributed by atoms with van der Waals surface area (Å²) in [4.78, 5) is 38.0. The molecule has 0 aromatic carbocycles. The Morgan fingerprint density at radius 1 is 0.253 bits per heavy atom. The third kappa shape index (κ3) is 69.0. The van der Waals surface area contributed by atoms with Gasteiger partial charge in [-0.1, -0.05) is 349 Å². The molecule has 0 radical (unpaired) electrons. The van der Waals surface area contributed by atoms with Crippen LogP contribution in [0, 0.1) is 0 Å². The average Bonchev–Trinajstić information content (AvgIpc) is 3.49. The third-order valence-electron chi connectivity index (χ3n) is 15.6. The van der Waals surface area contributed by atoms with E-state index in [0.717, 1.165) is 116 Å². The predicted octanol–water partition coefficient (Wildman–Crippen LogP) is 24.8. The third-order valence-corrected chi connectivity index (χ3v) is 15.6. The molecule has 0 saturated carbocycles. The lowest BCUT2D eigenvalue weighted by Crippen LogP contribution is -2.30. The monoisotopic (exact) mass is 1160 g/mol. The van der Waals surface area contributed by atoms with Crippen molar-refractivity contribution < 1.29 is 28.6 Å². The fourth-order valence-corrected chi connectivity index (χ4v) is 10.3. The van der Waals surface area contributed by atoms with Crippen molar-refractivity contribution in [1.82, 2.24) is 0 Å². The number of rotatable bonds is 65. The van der Waals surface area contributed by atoms with E-state index in [4.69, 9.17) is 14.2 Å². The summed E-state index contributed by atoms with van der Waals surface area (Å²) in [5.74, 6) is -0.940. The van der Waals surface area contributed by atoms with Gasteiger partial charge in [0.05, 0.1) is 0 Å². The van der Waals surface area contributed by atoms with Gasteiger partial charge in [0.1, 0.15) is 13.2 Å². The highest BCUT2D eigenvalue weighted by Gasteiger charge is 2.19. The number of esters is 3. The molecule has 0 amide bonds. The Morgan fingerprint density at radius 3 is 0.735 bits per heavy atom. The number of hydrogen-bond acceptors (Lipinski definition) is 6. The lowest BCUT2D eigenvalue weighted by atomic mass is 10.0. The Bertz CT molecular complexity index is 1610. The maximum Gasteiger partial charge on any atom is 0.306 e. The second-order valence-electron chi connectivity index (χ2n) is 23.8. The highest BCUT2D eigenvalue weighted by Crippen LogP contribution is 2.18. The summed E-state index contributed by atoms with van der Waals surface area (Å²) in [5.41, 5.74) is 0. The second kappa shape index (κ2) is 70.8. The molecule has 0 saturated heterocycles. The van der Waals surface area contributed by atoms with Crippen LogP contribution in [0.4, 0.5) is 0 Å². The Morgan fingerprint density at radius 2 is 0.470 bits per heavy atom. The summed E-state index contributed by atoms with van der Waals surface area (Å²) < 4.78 is 16.8. The minimum absolute atomic E-state index is 0.0929. The van der Waals surface area contributed by atoms with Gasteiger partial charge in [-0.15, -0.1) is 0 Å². The number of carbonyl (C=O) groups excluding carboxylic acids is 3. The maximum atomic E-state index is 12.8. The summed E-state index contributed by atoms with van der Waals surface area (Å²) in [5, 5.41) is 0. The SMILES string of the molecule is CC/C=C\C/C=C\C/C=C\C/C=C\C/C=C\C/C=C\C/C=C\C/C=C\CCCCC(=O)OC(COC(=O)CCCCCCC)COC(=O)CCCCCCCCCCCCCCCCCCCCCCCCCCCCCCCCCCC. The molecule has 0 N–H and O–H groups in total. The molecule has 0 aromatic rings. The second-order valence-corrected chi connectivity index (χ2v) is 23.8. The van der Waals surface area contributed by atoms with Crippen molar-refractivity contribution in [2.45, 2.75) is 361 Å². The van der Waals surface area contributed by atoms with Crippen molar-refractivity contribution in [1.29, 1.82) is 0 Å². The zero-order chi connectivity index (χ0) is 59.9. The van der Waals surface area contributed by atoms with E-state index in [1.165, 1.54) is 193 Å². The van der Waals surface area contributed by atoms with Gasteiger partial charge in [-0.05, 0) is 83.5 Å². The van der Waals surface area contributed by atoms with Crippen LogP contribution in [0.3, 0.4) is 0 Å². The first-order valence-corrected chi connectivity index (χ1v) is 35.7. The first kappa shape index (κ1) is 79.3. The van der Waals surface area contributed by atoms with Gasteiger partial charge in [0.2, 0.25) is 0 Å². The Kier molecular flexibility index (Phi) is 67.7. The van der Waals surface area contributed by atoms with Crippen molar-refractivity contribution >= 4 is 17.9 Å². The molecule has 0 aliphatic carbocycles. The number of carbonyl (C=O) groups is 3. The molecule has 0 spiro atoms. The van der Waals surface area contributed by atoms with E-state index in [-0.39, 0.29) is 37.5 Å². The van der Waals surface area contributed by atoms with Gasteiger partial charge in [-0.25, -0.2) is 0 Å². The van der Waals surface area contributed by atoms with E-state index in [2.05, 4.69) is 118 Å². The van der Waals surface area contributed by atoms with Crippen molar-refractivity contribution in [3.05, 3.63) is 97.2 Å². The van der Waals surface area contributed by atoms with E-state index >= 15 is 0 Å². The molecule has 0 fully saturated rings. The molecule has 0 aromatic heterocycles. The fourth-order valence-electron chi connectivity index (χ4n) is 10.3. The van der Waals surface area contributed by atoms with Crippen molar-refractivity contribution in [2.24, 2.45) is 0 Å². The predicted molar refractivity (Wildman–Crippen MR) is 362 cm³/mol. The standard InChI is InChI=1S/C77H134O6/c1-4-7-10-13-15-17-19-21-23-25-27-29-31-33-35-36-37-38-39-40-42-43-45-47-49-51-53-55-57-59-61-64-67-70-76(79)82-73-74(72-81-75(78)69-66-63-12-9-6-3)83-77(80)71-68-65-62-60-58-56-54-52-50-48-46-44-41-34-32-30-28-26-24-22-20-18-16-14-11-8-5-2/h8,11,16,18,22,24,28,30,34,41,46,48,52,54,58,60,74H,4-7,9-10,12-15,17,19-21,23,25-27,29,31-33,35-40,42-45,47,49-51,53,55-57,59,61-73H2,1-3H3/b11-8-,18-16-,24-22-,30-28-,41-34-,48-46-,54-52-,60-58-. The first-order valence-electron chi connectivity index (χ1n) is 35.7. The molecule has 0 heterocycles. The summed E-state index contributed by atoms with van der Waals surface area (Å²) in [6, 6.07) is 0. The summed E-state index contributed by atoms with van der Waals surface area (Å²) in [6.07, 6.45) is 96.6. The van der Waals surface area contributed by atoms with Gasteiger partial charge in [-0.2, -0.15) is 0 Å². The smallest absolute Gasteiger partial charge is 0.306 e. The van der Waals surface area contributed by atoms with Gasteiger partial charge >= 0.3 is 17.9 Å². The normalized spacial score (nSPS) is 12.7. The number of allylic oxidation sites excluding steroid dienone is 16. The van der Waals surface area contributed by atoms with Crippen LogP contribution in [-0.4, -0.2) is 37.2 Å². The highest BCUT2D eigenvalue weighted by atomic mass is 16.6. The minimum atomic E-state index is -0.798. The molecule has 6 heteroatoms. The van der Waals surface area contributed by atoms with Crippen molar-refractivity contribution in [3.63, 3.8) is 0 Å². The van der Waals surface area contributed by atoms with Crippen LogP contribution in [-0.2, 0) is 28.6 Å². The van der Waals surface area contributed by atoms with Gasteiger partial charge in [0, 0.05) is 19.3 Å². The molecular formula is C77H134O6. The molecule has 0 aliphatic rings. The van der Waals surface area contributed by atoms with E-state index in [0.29, 0.717) is 19.3 Å². The van der Waals surface area contributed by atoms with Crippen LogP contribution in [0.5, 0.6) is 0 Å². The summed E-state index contributed by atoms with van der Waals surface area (Å²) >= 11 is 0. The summed E-state index contributed by atoms with van der Waals surface area (Å²) in [7, 11) is 0. The molecular weight excluding hydrogens is 1020 g/mol. The quantitative estimate of drug-likeness (QED) is 0.0261. The van der Waals surface area contributed by atoms with Gasteiger partial charge in [0.25, 0.3) is 0 Å². The van der Waals surface area contributed by atoms with E-state index in [9.17, 15) is 14.4 Å². The molecule has 6 nitrogen and oxygen atoms in total. The van der Waals surface area contributed by atoms with Crippen LogP contribution in [0.1, 0.15) is 355 Å². The van der Waals surface area contributed by atoms with Crippen LogP contribution in [0.15, 0.2) is 97.2 Å². The number of hydrogen-bond donors (Lipinski definition) is 0. The molecule has 1 unspecified atom stereocenters. The van der Waals surface area contributed by atoms with Crippen LogP contribution >= 0.6 is 0 Å². The molecule has 0 aliphatic heterocycles. The molecule has 0 bridgehead atoms. The van der Waals surface area contributed by atoms with Crippen molar-refractivity contribution in [2.75, 3.05) is 13.2 Å². The summed E-state index contributed by atoms with van der Waals surface area (Å²) in [6.45, 7) is 6.44. The Labute approximate surface area is 515 Å². The van der Waals surface area contributed by atoms with E-state index in [1.54, 1.807) is 0 Å². The lowest BCUT2D eigenvalue weighted by molar-refractivity contribution is -0.167. The van der Waals surface area contributed by atoms with Crippen molar-refractivity contribution in [3.8, 4) is 0 Å². The fraction of sp³-hybridized carbons (Fsp3) is 0.753. The maximum absolute atomic E-state index is 12.8. The molecule has 478 valence electrons. The van der Waals surface area contributed by atoms with E-state index < -0.39 is 6.10 Å². The van der Waals surface area contributed by atoms with Crippen LogP contribution < -0.4 is 0 Å². The zero-order valence-corrected chi connectivity index (χ0v) is 54.9. The topological polar surface area (TPSA) is 78.9 Å². The van der Waals surface area contributed by atoms with E-state index in [1.807, 2.05) is 0 Å². The molecule has 83 heavy (non-hydrogen) atoms. The lowest BCUT2D eigenvalue weighted by Gasteiger charge is -2.18. The molecule has 0 rings (SSSR count). The van der Waals surface area contributed by atoms with Gasteiger partial charge in [-0.3, -0.25) is 14.4 Å². The van der Waals surface area contributed by atoms with Crippen LogP contribution in [0.25, 0.3) is 0 Å². The molecule has 1 atom stereocenters. The van der Waals surface area contributed by atoms with Gasteiger partial charge in [0.15, 0.2) is 6.10 Å². The zero-order valence-electron chi connectivity index (χ0n) is 54.9. The first-order chi connectivity index (χ1) is 41.0. The Hall–Kier alpha value is -3.67. The minimum Gasteiger partial charge on any atom is -0.462 e. The number of unbranched alkanes of at least 4 members (excludes halogenated alkanes) is 38. The Balaban J connectivity index is 4.01.